The van der Waals surface area contributed by atoms with Crippen LogP contribution in [0.2, 0.25) is 0 Å². The molecule has 6 nitrogen and oxygen atoms in total. The maximum Gasteiger partial charge on any atom is 0.250 e. The minimum Gasteiger partial charge on any atom is -0.488 e. The summed E-state index contributed by atoms with van der Waals surface area (Å²) in [6.07, 6.45) is 5.39. The third kappa shape index (κ3) is 3.24. The second-order valence-electron chi connectivity index (χ2n) is 5.90. The number of fused-ring (bicyclic) bond motifs is 2. The molecule has 1 aromatic carbocycles. The number of amides is 1. The van der Waals surface area contributed by atoms with Gasteiger partial charge in [-0.25, -0.2) is 0 Å². The van der Waals surface area contributed by atoms with E-state index < -0.39 is 0 Å². The number of hydrogen-bond donors (Lipinski definition) is 1. The normalized spacial score (nSPS) is 13.0. The van der Waals surface area contributed by atoms with Gasteiger partial charge in [-0.15, -0.1) is 10.2 Å². The zero-order chi connectivity index (χ0) is 17.1. The van der Waals surface area contributed by atoms with Crippen molar-refractivity contribution in [3.63, 3.8) is 0 Å². The van der Waals surface area contributed by atoms with Crippen LogP contribution in [0.3, 0.4) is 0 Å². The highest BCUT2D eigenvalue weighted by atomic mass is 16.5. The van der Waals surface area contributed by atoms with Gasteiger partial charge in [0.2, 0.25) is 0 Å². The zero-order valence-corrected chi connectivity index (χ0v) is 13.7. The first-order chi connectivity index (χ1) is 12.3. The van der Waals surface area contributed by atoms with E-state index in [-0.39, 0.29) is 5.91 Å². The lowest BCUT2D eigenvalue weighted by Gasteiger charge is -2.17. The molecule has 3 aromatic rings. The molecule has 3 heterocycles. The van der Waals surface area contributed by atoms with Gasteiger partial charge in [-0.05, 0) is 30.7 Å². The average Bonchev–Trinajstić information content (AvgIpc) is 3.08. The standard InChI is InChI=1S/C19H18N4O2/c24-19(15-12-14-6-1-2-7-16(14)25-13-15)20-10-5-9-18-22-21-17-8-3-4-11-23(17)18/h1-4,6-8,11-12H,5,9-10,13H2,(H,20,24). The van der Waals surface area contributed by atoms with Gasteiger partial charge in [-0.1, -0.05) is 24.3 Å². The highest BCUT2D eigenvalue weighted by molar-refractivity contribution is 5.99. The number of hydrogen-bond acceptors (Lipinski definition) is 4. The van der Waals surface area contributed by atoms with Gasteiger partial charge in [0.15, 0.2) is 5.65 Å². The van der Waals surface area contributed by atoms with Crippen LogP contribution in [-0.4, -0.2) is 33.7 Å². The summed E-state index contributed by atoms with van der Waals surface area (Å²) < 4.78 is 7.59. The van der Waals surface area contributed by atoms with Gasteiger partial charge >= 0.3 is 0 Å². The monoisotopic (exact) mass is 334 g/mol. The van der Waals surface area contributed by atoms with Crippen LogP contribution in [0.1, 0.15) is 17.8 Å². The van der Waals surface area contributed by atoms with Crippen molar-refractivity contribution in [2.24, 2.45) is 0 Å². The smallest absolute Gasteiger partial charge is 0.250 e. The van der Waals surface area contributed by atoms with E-state index in [9.17, 15) is 4.79 Å². The SMILES string of the molecule is O=C(NCCCc1nnc2ccccn12)C1=Cc2ccccc2OC1. The summed E-state index contributed by atoms with van der Waals surface area (Å²) in [4.78, 5) is 12.3. The second-order valence-corrected chi connectivity index (χ2v) is 5.90. The molecule has 0 bridgehead atoms. The summed E-state index contributed by atoms with van der Waals surface area (Å²) in [6, 6.07) is 13.5. The Labute approximate surface area is 145 Å². The van der Waals surface area contributed by atoms with E-state index in [0.29, 0.717) is 18.7 Å². The molecular weight excluding hydrogens is 316 g/mol. The highest BCUT2D eigenvalue weighted by Gasteiger charge is 2.16. The molecule has 0 saturated heterocycles. The zero-order valence-electron chi connectivity index (χ0n) is 13.7. The fraction of sp³-hybridized carbons (Fsp3) is 0.211. The van der Waals surface area contributed by atoms with Crippen LogP contribution in [0, 0.1) is 0 Å². The summed E-state index contributed by atoms with van der Waals surface area (Å²) in [6.45, 7) is 0.886. The van der Waals surface area contributed by atoms with Crippen molar-refractivity contribution in [2.75, 3.05) is 13.2 Å². The first-order valence-corrected chi connectivity index (χ1v) is 8.30. The largest absolute Gasteiger partial charge is 0.488 e. The molecule has 1 aliphatic rings. The summed E-state index contributed by atoms with van der Waals surface area (Å²) in [5.41, 5.74) is 2.42. The number of benzene rings is 1. The van der Waals surface area contributed by atoms with Crippen LogP contribution in [0.4, 0.5) is 0 Å². The van der Waals surface area contributed by atoms with Gasteiger partial charge in [0.25, 0.3) is 5.91 Å². The van der Waals surface area contributed by atoms with Crippen molar-refractivity contribution < 1.29 is 9.53 Å². The maximum absolute atomic E-state index is 12.3. The Morgan fingerprint density at radius 1 is 1.16 bits per heavy atom. The van der Waals surface area contributed by atoms with E-state index in [1.807, 2.05) is 59.1 Å². The third-order valence-corrected chi connectivity index (χ3v) is 4.17. The second kappa shape index (κ2) is 6.76. The number of nitrogens with zero attached hydrogens (tertiary/aromatic N) is 3. The van der Waals surface area contributed by atoms with Gasteiger partial charge in [-0.2, -0.15) is 0 Å². The van der Waals surface area contributed by atoms with Gasteiger partial charge < -0.3 is 10.1 Å². The van der Waals surface area contributed by atoms with Crippen molar-refractivity contribution in [1.82, 2.24) is 19.9 Å². The Hall–Kier alpha value is -3.15. The van der Waals surface area contributed by atoms with Crippen molar-refractivity contribution in [3.05, 3.63) is 65.6 Å². The molecule has 0 atom stereocenters. The number of carbonyl (C=O) groups excluding carboxylic acids is 1. The Morgan fingerprint density at radius 2 is 2.04 bits per heavy atom. The van der Waals surface area contributed by atoms with Crippen LogP contribution in [-0.2, 0) is 11.2 Å². The predicted molar refractivity (Wildman–Crippen MR) is 94.2 cm³/mol. The topological polar surface area (TPSA) is 68.5 Å². The molecule has 1 N–H and O–H groups in total. The number of rotatable bonds is 5. The van der Waals surface area contributed by atoms with E-state index in [1.165, 1.54) is 0 Å². The maximum atomic E-state index is 12.3. The lowest BCUT2D eigenvalue weighted by molar-refractivity contribution is -0.117. The highest BCUT2D eigenvalue weighted by Crippen LogP contribution is 2.25. The molecule has 0 spiro atoms. The number of para-hydroxylation sites is 1. The molecule has 0 fully saturated rings. The Balaban J connectivity index is 1.32. The van der Waals surface area contributed by atoms with Crippen molar-refractivity contribution in [1.29, 1.82) is 0 Å². The van der Waals surface area contributed by atoms with Crippen LogP contribution < -0.4 is 10.1 Å². The predicted octanol–water partition coefficient (Wildman–Crippen LogP) is 2.25. The lowest BCUT2D eigenvalue weighted by atomic mass is 10.1. The Kier molecular flexibility index (Phi) is 4.16. The Morgan fingerprint density at radius 3 is 3.00 bits per heavy atom. The number of aryl methyl sites for hydroxylation is 1. The first-order valence-electron chi connectivity index (χ1n) is 8.30. The van der Waals surface area contributed by atoms with Crippen LogP contribution >= 0.6 is 0 Å². The van der Waals surface area contributed by atoms with Crippen molar-refractivity contribution >= 4 is 17.6 Å². The minimum atomic E-state index is -0.0828. The van der Waals surface area contributed by atoms with Gasteiger partial charge in [-0.3, -0.25) is 9.20 Å². The van der Waals surface area contributed by atoms with Gasteiger partial charge in [0.05, 0.1) is 5.57 Å². The van der Waals surface area contributed by atoms with Crippen LogP contribution in [0.5, 0.6) is 5.75 Å². The van der Waals surface area contributed by atoms with Gasteiger partial charge in [0.1, 0.15) is 18.2 Å². The molecule has 1 aliphatic heterocycles. The fourth-order valence-corrected chi connectivity index (χ4v) is 2.87. The third-order valence-electron chi connectivity index (χ3n) is 4.17. The fourth-order valence-electron chi connectivity index (χ4n) is 2.87. The minimum absolute atomic E-state index is 0.0828. The molecule has 2 aromatic heterocycles. The molecular formula is C19H18N4O2. The van der Waals surface area contributed by atoms with E-state index in [1.54, 1.807) is 0 Å². The molecule has 0 saturated carbocycles. The number of pyridine rings is 1. The molecule has 0 radical (unpaired) electrons. The number of aromatic nitrogens is 3. The van der Waals surface area contributed by atoms with Crippen LogP contribution in [0.15, 0.2) is 54.2 Å². The molecule has 0 unspecified atom stereocenters. The number of ether oxygens (including phenoxy) is 1. The van der Waals surface area contributed by atoms with Crippen molar-refractivity contribution in [2.45, 2.75) is 12.8 Å². The van der Waals surface area contributed by atoms with Crippen molar-refractivity contribution in [3.8, 4) is 5.75 Å². The van der Waals surface area contributed by atoms with E-state index in [2.05, 4.69) is 15.5 Å². The van der Waals surface area contributed by atoms with Gasteiger partial charge in [0, 0.05) is 24.7 Å². The van der Waals surface area contributed by atoms with E-state index >= 15 is 0 Å². The lowest BCUT2D eigenvalue weighted by Crippen LogP contribution is -2.29. The summed E-state index contributed by atoms with van der Waals surface area (Å²) in [7, 11) is 0. The number of carbonyl (C=O) groups is 1. The molecule has 6 heteroatoms. The average molecular weight is 334 g/mol. The summed E-state index contributed by atoms with van der Waals surface area (Å²) in [5.74, 6) is 1.64. The van der Waals surface area contributed by atoms with Crippen LogP contribution in [0.25, 0.3) is 11.7 Å². The first kappa shape index (κ1) is 15.4. The molecule has 126 valence electrons. The molecule has 1 amide bonds. The molecule has 25 heavy (non-hydrogen) atoms. The summed E-state index contributed by atoms with van der Waals surface area (Å²) >= 11 is 0. The summed E-state index contributed by atoms with van der Waals surface area (Å²) in [5, 5.41) is 11.3. The van der Waals surface area contributed by atoms with E-state index in [4.69, 9.17) is 4.74 Å². The number of nitrogens with one attached hydrogen (secondary N) is 1. The Bertz CT molecular complexity index is 945. The van der Waals surface area contributed by atoms with E-state index in [0.717, 1.165) is 35.6 Å². The quantitative estimate of drug-likeness (QED) is 0.727. The molecule has 0 aliphatic carbocycles. The molecule has 4 rings (SSSR count).